The van der Waals surface area contributed by atoms with Crippen molar-refractivity contribution in [3.8, 4) is 6.01 Å². The molecule has 1 N–H and O–H groups in total. The van der Waals surface area contributed by atoms with Crippen LogP contribution in [0.1, 0.15) is 12.5 Å². The summed E-state index contributed by atoms with van der Waals surface area (Å²) in [6, 6.07) is 8.50. The average molecular weight is 273 g/mol. The van der Waals surface area contributed by atoms with Crippen molar-refractivity contribution in [3.63, 3.8) is 0 Å². The number of anilines is 3. The van der Waals surface area contributed by atoms with Crippen LogP contribution in [0.3, 0.4) is 0 Å². The Hall–Kier alpha value is -2.37. The van der Waals surface area contributed by atoms with Gasteiger partial charge in [0.15, 0.2) is 0 Å². The van der Waals surface area contributed by atoms with Gasteiger partial charge in [0.05, 0.1) is 7.11 Å². The Morgan fingerprint density at radius 1 is 1.25 bits per heavy atom. The molecule has 0 radical (unpaired) electrons. The number of methoxy groups -OCH3 is 1. The van der Waals surface area contributed by atoms with E-state index in [-0.39, 0.29) is 0 Å². The minimum Gasteiger partial charge on any atom is -0.467 e. The molecule has 0 unspecified atom stereocenters. The summed E-state index contributed by atoms with van der Waals surface area (Å²) in [7, 11) is 3.31. The lowest BCUT2D eigenvalue weighted by Crippen LogP contribution is -2.20. The highest BCUT2D eigenvalue weighted by atomic mass is 16.5. The predicted molar refractivity (Wildman–Crippen MR) is 79.8 cm³/mol. The third-order valence-electron chi connectivity index (χ3n) is 2.88. The van der Waals surface area contributed by atoms with Crippen molar-refractivity contribution >= 4 is 17.6 Å². The highest BCUT2D eigenvalue weighted by Crippen LogP contribution is 2.24. The number of rotatable bonds is 5. The summed E-state index contributed by atoms with van der Waals surface area (Å²) in [5.41, 5.74) is 2.23. The first kappa shape index (κ1) is 14.0. The third-order valence-corrected chi connectivity index (χ3v) is 2.88. The molecule has 2 rings (SSSR count). The second kappa shape index (κ2) is 6.18. The second-order valence-corrected chi connectivity index (χ2v) is 4.28. The minimum absolute atomic E-state index is 0.297. The lowest BCUT2D eigenvalue weighted by Gasteiger charge is -2.21. The van der Waals surface area contributed by atoms with Gasteiger partial charge < -0.3 is 15.0 Å². The molecule has 1 heterocycles. The molecule has 1 aromatic heterocycles. The number of nitrogens with zero attached hydrogens (tertiary/aromatic N) is 4. The summed E-state index contributed by atoms with van der Waals surface area (Å²) in [5.74, 6) is 1.05. The second-order valence-electron chi connectivity index (χ2n) is 4.28. The molecule has 0 atom stereocenters. The van der Waals surface area contributed by atoms with E-state index >= 15 is 0 Å². The van der Waals surface area contributed by atoms with Gasteiger partial charge in [0, 0.05) is 19.3 Å². The van der Waals surface area contributed by atoms with Crippen LogP contribution in [0.4, 0.5) is 17.6 Å². The van der Waals surface area contributed by atoms with Crippen LogP contribution in [-0.2, 0) is 0 Å². The van der Waals surface area contributed by atoms with E-state index in [1.165, 1.54) is 5.56 Å². The fourth-order valence-corrected chi connectivity index (χ4v) is 1.90. The monoisotopic (exact) mass is 273 g/mol. The molecule has 6 heteroatoms. The molecule has 0 aliphatic rings. The van der Waals surface area contributed by atoms with Gasteiger partial charge >= 0.3 is 6.01 Å². The molecule has 2 aromatic rings. The van der Waals surface area contributed by atoms with Crippen molar-refractivity contribution < 1.29 is 4.74 Å². The SMILES string of the molecule is CCN(c1cccc(C)c1)c1nc(NC)nc(OC)n1. The molecule has 0 amide bonds. The van der Waals surface area contributed by atoms with E-state index in [1.54, 1.807) is 14.2 Å². The van der Waals surface area contributed by atoms with Crippen LogP contribution in [0.5, 0.6) is 6.01 Å². The number of ether oxygens (including phenoxy) is 1. The summed E-state index contributed by atoms with van der Waals surface area (Å²) < 4.78 is 5.12. The van der Waals surface area contributed by atoms with Gasteiger partial charge in [-0.05, 0) is 31.5 Å². The Morgan fingerprint density at radius 2 is 2.05 bits per heavy atom. The number of hydrogen-bond acceptors (Lipinski definition) is 6. The normalized spacial score (nSPS) is 10.2. The van der Waals surface area contributed by atoms with Crippen LogP contribution in [0.2, 0.25) is 0 Å². The summed E-state index contributed by atoms with van der Waals surface area (Å²) >= 11 is 0. The van der Waals surface area contributed by atoms with Gasteiger partial charge in [0.1, 0.15) is 0 Å². The van der Waals surface area contributed by atoms with E-state index < -0.39 is 0 Å². The van der Waals surface area contributed by atoms with Crippen LogP contribution in [0, 0.1) is 6.92 Å². The van der Waals surface area contributed by atoms with Crippen LogP contribution in [0.25, 0.3) is 0 Å². The summed E-state index contributed by atoms with van der Waals surface area (Å²) in [6.07, 6.45) is 0. The number of aryl methyl sites for hydroxylation is 1. The molecule has 0 saturated heterocycles. The van der Waals surface area contributed by atoms with Gasteiger partial charge in [0.2, 0.25) is 11.9 Å². The van der Waals surface area contributed by atoms with Crippen molar-refractivity contribution in [1.82, 2.24) is 15.0 Å². The molecular formula is C14H19N5O. The van der Waals surface area contributed by atoms with Crippen molar-refractivity contribution in [1.29, 1.82) is 0 Å². The third kappa shape index (κ3) is 2.96. The molecule has 1 aromatic carbocycles. The van der Waals surface area contributed by atoms with Gasteiger partial charge in [-0.3, -0.25) is 0 Å². The van der Waals surface area contributed by atoms with Gasteiger partial charge in [-0.2, -0.15) is 15.0 Å². The van der Waals surface area contributed by atoms with Crippen molar-refractivity contribution in [2.45, 2.75) is 13.8 Å². The topological polar surface area (TPSA) is 63.2 Å². The Kier molecular flexibility index (Phi) is 4.34. The highest BCUT2D eigenvalue weighted by Gasteiger charge is 2.14. The number of benzene rings is 1. The summed E-state index contributed by atoms with van der Waals surface area (Å²) in [6.45, 7) is 4.86. The van der Waals surface area contributed by atoms with Crippen LogP contribution in [0.15, 0.2) is 24.3 Å². The Balaban J connectivity index is 2.45. The minimum atomic E-state index is 0.297. The zero-order valence-electron chi connectivity index (χ0n) is 12.2. The molecular weight excluding hydrogens is 254 g/mol. The first-order valence-corrected chi connectivity index (χ1v) is 6.50. The molecule has 0 fully saturated rings. The van der Waals surface area contributed by atoms with E-state index in [1.807, 2.05) is 17.0 Å². The standard InChI is InChI=1S/C14H19N5O/c1-5-19(11-8-6-7-10(2)9-11)13-16-12(15-3)17-14(18-13)20-4/h6-9H,5H2,1-4H3,(H,15,16,17,18). The van der Waals surface area contributed by atoms with Crippen LogP contribution < -0.4 is 15.0 Å². The van der Waals surface area contributed by atoms with E-state index in [4.69, 9.17) is 4.74 Å². The maximum Gasteiger partial charge on any atom is 0.322 e. The quantitative estimate of drug-likeness (QED) is 0.902. The molecule has 0 aliphatic carbocycles. The number of nitrogens with one attached hydrogen (secondary N) is 1. The molecule has 6 nitrogen and oxygen atoms in total. The first-order chi connectivity index (χ1) is 9.67. The predicted octanol–water partition coefficient (Wildman–Crippen LogP) is 2.39. The zero-order valence-corrected chi connectivity index (χ0v) is 12.2. The molecule has 0 bridgehead atoms. The fraction of sp³-hybridized carbons (Fsp3) is 0.357. The Morgan fingerprint density at radius 3 is 2.65 bits per heavy atom. The molecule has 0 spiro atoms. The van der Waals surface area contributed by atoms with Crippen molar-refractivity contribution in [2.24, 2.45) is 0 Å². The van der Waals surface area contributed by atoms with Gasteiger partial charge in [0.25, 0.3) is 0 Å². The zero-order chi connectivity index (χ0) is 14.5. The van der Waals surface area contributed by atoms with E-state index in [9.17, 15) is 0 Å². The van der Waals surface area contributed by atoms with Crippen molar-refractivity contribution in [3.05, 3.63) is 29.8 Å². The maximum absolute atomic E-state index is 5.12. The number of hydrogen-bond donors (Lipinski definition) is 1. The lowest BCUT2D eigenvalue weighted by atomic mass is 10.2. The van der Waals surface area contributed by atoms with Crippen molar-refractivity contribution in [2.75, 3.05) is 30.9 Å². The maximum atomic E-state index is 5.12. The Bertz CT molecular complexity index is 565. The van der Waals surface area contributed by atoms with E-state index in [2.05, 4.69) is 46.2 Å². The van der Waals surface area contributed by atoms with Crippen LogP contribution in [-0.4, -0.2) is 35.7 Å². The summed E-state index contributed by atoms with van der Waals surface area (Å²) in [5, 5.41) is 2.91. The lowest BCUT2D eigenvalue weighted by molar-refractivity contribution is 0.379. The van der Waals surface area contributed by atoms with Gasteiger partial charge in [-0.15, -0.1) is 0 Å². The van der Waals surface area contributed by atoms with Gasteiger partial charge in [-0.1, -0.05) is 12.1 Å². The highest BCUT2D eigenvalue weighted by molar-refractivity contribution is 5.59. The van der Waals surface area contributed by atoms with Crippen LogP contribution >= 0.6 is 0 Å². The van der Waals surface area contributed by atoms with E-state index in [0.29, 0.717) is 17.9 Å². The van der Waals surface area contributed by atoms with Gasteiger partial charge in [-0.25, -0.2) is 0 Å². The first-order valence-electron chi connectivity index (χ1n) is 6.50. The fourth-order valence-electron chi connectivity index (χ4n) is 1.90. The summed E-state index contributed by atoms with van der Waals surface area (Å²) in [4.78, 5) is 14.8. The molecule has 106 valence electrons. The Labute approximate surface area is 118 Å². The largest absolute Gasteiger partial charge is 0.467 e. The molecule has 0 saturated carbocycles. The molecule has 0 aliphatic heterocycles. The average Bonchev–Trinajstić information content (AvgIpc) is 2.47. The van der Waals surface area contributed by atoms with E-state index in [0.717, 1.165) is 12.2 Å². The number of aromatic nitrogens is 3. The molecule has 20 heavy (non-hydrogen) atoms. The smallest absolute Gasteiger partial charge is 0.322 e.